The summed E-state index contributed by atoms with van der Waals surface area (Å²) in [5, 5.41) is 7.75. The number of para-hydroxylation sites is 1. The molecule has 0 aromatic heterocycles. The van der Waals surface area contributed by atoms with Crippen molar-refractivity contribution in [3.63, 3.8) is 0 Å². The molecule has 1 N–H and O–H groups in total. The molecule has 0 bridgehead atoms. The first-order chi connectivity index (χ1) is 7.83. The molecule has 0 radical (unpaired) electrons. The molecule has 0 atom stereocenters. The van der Waals surface area contributed by atoms with Gasteiger partial charge in [-0.05, 0) is 25.0 Å². The first-order valence-electron chi connectivity index (χ1n) is 6.07. The van der Waals surface area contributed by atoms with Gasteiger partial charge >= 0.3 is 0 Å². The Labute approximate surface area is 98.1 Å². The molecule has 0 aliphatic rings. The molecule has 1 rings (SSSR count). The molecule has 16 heavy (non-hydrogen) atoms. The van der Waals surface area contributed by atoms with Gasteiger partial charge in [0.1, 0.15) is 5.75 Å². The molecule has 2 heteroatoms. The predicted molar refractivity (Wildman–Crippen MR) is 68.4 cm³/mol. The molecule has 0 heterocycles. The zero-order valence-electron chi connectivity index (χ0n) is 10.0. The molecule has 0 unspecified atom stereocenters. The standard InChI is InChI=1S/C14H21NO/c1-2-3-5-8-13(15)11-12-16-14-9-6-4-7-10-14/h4,6-7,9-10,15H,2-3,5,8,11-12H2,1H3. The van der Waals surface area contributed by atoms with Crippen LogP contribution < -0.4 is 4.74 Å². The number of ether oxygens (including phenoxy) is 1. The third kappa shape index (κ3) is 5.54. The summed E-state index contributed by atoms with van der Waals surface area (Å²) < 4.78 is 5.54. The number of rotatable bonds is 8. The van der Waals surface area contributed by atoms with E-state index in [-0.39, 0.29) is 0 Å². The van der Waals surface area contributed by atoms with Crippen LogP contribution in [0.15, 0.2) is 30.3 Å². The number of hydrogen-bond donors (Lipinski definition) is 1. The Bertz CT molecular complexity index is 295. The van der Waals surface area contributed by atoms with Crippen molar-refractivity contribution in [1.29, 1.82) is 5.41 Å². The number of nitrogens with one attached hydrogen (secondary N) is 1. The summed E-state index contributed by atoms with van der Waals surface area (Å²) >= 11 is 0. The van der Waals surface area contributed by atoms with E-state index in [1.165, 1.54) is 12.8 Å². The second kappa shape index (κ2) is 7.91. The Hall–Kier alpha value is -1.31. The summed E-state index contributed by atoms with van der Waals surface area (Å²) in [6.45, 7) is 2.80. The van der Waals surface area contributed by atoms with Crippen molar-refractivity contribution in [3.05, 3.63) is 30.3 Å². The van der Waals surface area contributed by atoms with Crippen LogP contribution in [0.2, 0.25) is 0 Å². The fraction of sp³-hybridized carbons (Fsp3) is 0.500. The maximum absolute atomic E-state index is 7.75. The lowest BCUT2D eigenvalue weighted by atomic mass is 10.1. The fourth-order valence-corrected chi connectivity index (χ4v) is 1.52. The van der Waals surface area contributed by atoms with Gasteiger partial charge in [0.05, 0.1) is 6.61 Å². The highest BCUT2D eigenvalue weighted by atomic mass is 16.5. The van der Waals surface area contributed by atoms with Crippen LogP contribution in [0.4, 0.5) is 0 Å². The van der Waals surface area contributed by atoms with Crippen LogP contribution in [-0.4, -0.2) is 12.3 Å². The maximum atomic E-state index is 7.75. The van der Waals surface area contributed by atoms with Crippen LogP contribution in [0.3, 0.4) is 0 Å². The fourth-order valence-electron chi connectivity index (χ4n) is 1.52. The van der Waals surface area contributed by atoms with Gasteiger partial charge in [0, 0.05) is 12.1 Å². The predicted octanol–water partition coefficient (Wildman–Crippen LogP) is 4.06. The van der Waals surface area contributed by atoms with E-state index >= 15 is 0 Å². The molecule has 1 aromatic rings. The second-order valence-electron chi connectivity index (χ2n) is 3.97. The summed E-state index contributed by atoms with van der Waals surface area (Å²) in [4.78, 5) is 0. The summed E-state index contributed by atoms with van der Waals surface area (Å²) in [6, 6.07) is 9.78. The van der Waals surface area contributed by atoms with Crippen LogP contribution in [0.25, 0.3) is 0 Å². The minimum absolute atomic E-state index is 0.620. The minimum Gasteiger partial charge on any atom is -0.493 e. The molecule has 88 valence electrons. The van der Waals surface area contributed by atoms with E-state index in [4.69, 9.17) is 10.1 Å². The normalized spacial score (nSPS) is 10.1. The molecular weight excluding hydrogens is 198 g/mol. The third-order valence-electron chi connectivity index (χ3n) is 2.50. The number of benzene rings is 1. The van der Waals surface area contributed by atoms with Crippen molar-refractivity contribution >= 4 is 5.71 Å². The molecule has 0 saturated carbocycles. The molecule has 0 aliphatic carbocycles. The zero-order valence-corrected chi connectivity index (χ0v) is 10.0. The summed E-state index contributed by atoms with van der Waals surface area (Å²) in [5.74, 6) is 0.892. The Balaban J connectivity index is 2.09. The summed E-state index contributed by atoms with van der Waals surface area (Å²) in [7, 11) is 0. The van der Waals surface area contributed by atoms with E-state index < -0.39 is 0 Å². The van der Waals surface area contributed by atoms with E-state index in [1.54, 1.807) is 0 Å². The first kappa shape index (κ1) is 12.8. The van der Waals surface area contributed by atoms with Gasteiger partial charge in [0.15, 0.2) is 0 Å². The van der Waals surface area contributed by atoms with Gasteiger partial charge in [-0.1, -0.05) is 38.0 Å². The molecule has 0 spiro atoms. The monoisotopic (exact) mass is 219 g/mol. The Morgan fingerprint density at radius 3 is 2.56 bits per heavy atom. The van der Waals surface area contributed by atoms with Crippen molar-refractivity contribution in [1.82, 2.24) is 0 Å². The summed E-state index contributed by atoms with van der Waals surface area (Å²) in [6.07, 6.45) is 5.25. The van der Waals surface area contributed by atoms with Gasteiger partial charge in [-0.3, -0.25) is 0 Å². The van der Waals surface area contributed by atoms with Gasteiger partial charge in [0.2, 0.25) is 0 Å². The van der Waals surface area contributed by atoms with Crippen molar-refractivity contribution in [2.24, 2.45) is 0 Å². The van der Waals surface area contributed by atoms with Crippen LogP contribution in [0.1, 0.15) is 39.0 Å². The lowest BCUT2D eigenvalue weighted by Crippen LogP contribution is -2.05. The largest absolute Gasteiger partial charge is 0.493 e. The van der Waals surface area contributed by atoms with E-state index in [9.17, 15) is 0 Å². The first-order valence-corrected chi connectivity index (χ1v) is 6.07. The van der Waals surface area contributed by atoms with Crippen molar-refractivity contribution in [2.45, 2.75) is 39.0 Å². The molecule has 0 fully saturated rings. The number of hydrogen-bond acceptors (Lipinski definition) is 2. The van der Waals surface area contributed by atoms with Crippen LogP contribution >= 0.6 is 0 Å². The topological polar surface area (TPSA) is 33.1 Å². The van der Waals surface area contributed by atoms with Crippen LogP contribution in [0, 0.1) is 5.41 Å². The van der Waals surface area contributed by atoms with Gasteiger partial charge in [-0.2, -0.15) is 0 Å². The van der Waals surface area contributed by atoms with E-state index in [2.05, 4.69) is 6.92 Å². The maximum Gasteiger partial charge on any atom is 0.119 e. The average Bonchev–Trinajstić information content (AvgIpc) is 2.31. The van der Waals surface area contributed by atoms with Crippen LogP contribution in [0.5, 0.6) is 5.75 Å². The van der Waals surface area contributed by atoms with Gasteiger partial charge in [0.25, 0.3) is 0 Å². The molecule has 2 nitrogen and oxygen atoms in total. The van der Waals surface area contributed by atoms with Crippen molar-refractivity contribution in [3.8, 4) is 5.75 Å². The quantitative estimate of drug-likeness (QED) is 0.519. The SMILES string of the molecule is CCCCCC(=N)CCOc1ccccc1. The zero-order chi connectivity index (χ0) is 11.6. The van der Waals surface area contributed by atoms with Gasteiger partial charge in [-0.25, -0.2) is 0 Å². The van der Waals surface area contributed by atoms with E-state index in [1.807, 2.05) is 30.3 Å². The Morgan fingerprint density at radius 2 is 1.88 bits per heavy atom. The molecule has 0 saturated heterocycles. The van der Waals surface area contributed by atoms with Crippen LogP contribution in [-0.2, 0) is 0 Å². The molecular formula is C14H21NO. The second-order valence-corrected chi connectivity index (χ2v) is 3.97. The van der Waals surface area contributed by atoms with E-state index in [0.717, 1.165) is 30.7 Å². The molecule has 1 aromatic carbocycles. The number of unbranched alkanes of at least 4 members (excludes halogenated alkanes) is 2. The lowest BCUT2D eigenvalue weighted by Gasteiger charge is -2.06. The Morgan fingerprint density at radius 1 is 1.12 bits per heavy atom. The highest BCUT2D eigenvalue weighted by molar-refractivity contribution is 5.81. The smallest absolute Gasteiger partial charge is 0.119 e. The molecule has 0 amide bonds. The minimum atomic E-state index is 0.620. The van der Waals surface area contributed by atoms with E-state index in [0.29, 0.717) is 6.61 Å². The summed E-state index contributed by atoms with van der Waals surface area (Å²) in [5.41, 5.74) is 0.810. The van der Waals surface area contributed by atoms with Gasteiger partial charge in [-0.15, -0.1) is 0 Å². The van der Waals surface area contributed by atoms with Gasteiger partial charge < -0.3 is 10.1 Å². The average molecular weight is 219 g/mol. The molecule has 0 aliphatic heterocycles. The van der Waals surface area contributed by atoms with Crippen molar-refractivity contribution < 1.29 is 4.74 Å². The highest BCUT2D eigenvalue weighted by Crippen LogP contribution is 2.09. The lowest BCUT2D eigenvalue weighted by molar-refractivity contribution is 0.328. The Kier molecular flexibility index (Phi) is 6.31. The third-order valence-corrected chi connectivity index (χ3v) is 2.50. The highest BCUT2D eigenvalue weighted by Gasteiger charge is 1.98. The van der Waals surface area contributed by atoms with Crippen molar-refractivity contribution in [2.75, 3.05) is 6.61 Å².